The second kappa shape index (κ2) is 6.20. The Morgan fingerprint density at radius 3 is 3.05 bits per heavy atom. The molecular formula is C17H20ClFN2. The standard InChI is InChI=1S/C17H20ClFN2/c1-2-20-16-8-4-5-12-9-21(11-14(12)16)10-13-6-3-7-15(19)17(13)18/h3,6-7,9,11,16,20H,2,4-5,8,10H2,1H3. The molecule has 0 aliphatic heterocycles. The zero-order chi connectivity index (χ0) is 14.8. The second-order valence-corrected chi connectivity index (χ2v) is 6.00. The van der Waals surface area contributed by atoms with E-state index in [1.807, 2.05) is 6.07 Å². The summed E-state index contributed by atoms with van der Waals surface area (Å²) in [6, 6.07) is 5.43. The smallest absolute Gasteiger partial charge is 0.142 e. The minimum Gasteiger partial charge on any atom is -0.349 e. The molecule has 4 heteroatoms. The van der Waals surface area contributed by atoms with Gasteiger partial charge in [-0.25, -0.2) is 4.39 Å². The van der Waals surface area contributed by atoms with E-state index in [1.54, 1.807) is 6.07 Å². The molecule has 0 amide bonds. The average molecular weight is 307 g/mol. The van der Waals surface area contributed by atoms with Gasteiger partial charge in [-0.15, -0.1) is 0 Å². The molecule has 1 unspecified atom stereocenters. The van der Waals surface area contributed by atoms with Crippen LogP contribution in [0.15, 0.2) is 30.6 Å². The first kappa shape index (κ1) is 14.6. The second-order valence-electron chi connectivity index (χ2n) is 5.63. The Balaban J connectivity index is 1.86. The van der Waals surface area contributed by atoms with Gasteiger partial charge in [-0.3, -0.25) is 0 Å². The molecule has 0 saturated heterocycles. The van der Waals surface area contributed by atoms with Gasteiger partial charge in [0.15, 0.2) is 0 Å². The maximum atomic E-state index is 13.5. The van der Waals surface area contributed by atoms with Crippen LogP contribution < -0.4 is 5.32 Å². The van der Waals surface area contributed by atoms with Crippen LogP contribution >= 0.6 is 11.6 Å². The Morgan fingerprint density at radius 1 is 1.38 bits per heavy atom. The van der Waals surface area contributed by atoms with Gasteiger partial charge in [0.1, 0.15) is 5.82 Å². The van der Waals surface area contributed by atoms with E-state index in [0.717, 1.165) is 18.5 Å². The Labute approximate surface area is 129 Å². The van der Waals surface area contributed by atoms with E-state index in [4.69, 9.17) is 11.6 Å². The van der Waals surface area contributed by atoms with E-state index in [0.29, 0.717) is 12.6 Å². The quantitative estimate of drug-likeness (QED) is 0.890. The summed E-state index contributed by atoms with van der Waals surface area (Å²) in [6.07, 6.45) is 7.89. The Morgan fingerprint density at radius 2 is 2.24 bits per heavy atom. The fourth-order valence-corrected chi connectivity index (χ4v) is 3.35. The summed E-state index contributed by atoms with van der Waals surface area (Å²) < 4.78 is 15.6. The highest BCUT2D eigenvalue weighted by molar-refractivity contribution is 6.31. The topological polar surface area (TPSA) is 17.0 Å². The lowest BCUT2D eigenvalue weighted by Gasteiger charge is -2.22. The van der Waals surface area contributed by atoms with Crippen molar-refractivity contribution in [3.63, 3.8) is 0 Å². The Kier molecular flexibility index (Phi) is 4.32. The predicted molar refractivity (Wildman–Crippen MR) is 84.3 cm³/mol. The highest BCUT2D eigenvalue weighted by Crippen LogP contribution is 2.31. The fraction of sp³-hybridized carbons (Fsp3) is 0.412. The summed E-state index contributed by atoms with van der Waals surface area (Å²) in [5.74, 6) is -0.350. The number of nitrogens with zero attached hydrogens (tertiary/aromatic N) is 1. The van der Waals surface area contributed by atoms with Gasteiger partial charge < -0.3 is 9.88 Å². The first-order valence-electron chi connectivity index (χ1n) is 7.54. The van der Waals surface area contributed by atoms with Gasteiger partial charge in [-0.2, -0.15) is 0 Å². The summed E-state index contributed by atoms with van der Waals surface area (Å²) in [7, 11) is 0. The van der Waals surface area contributed by atoms with Crippen LogP contribution in [0.5, 0.6) is 0 Å². The molecule has 2 nitrogen and oxygen atoms in total. The number of aromatic nitrogens is 1. The molecule has 1 aromatic heterocycles. The van der Waals surface area contributed by atoms with Crippen molar-refractivity contribution < 1.29 is 4.39 Å². The molecule has 1 aliphatic rings. The fourth-order valence-electron chi connectivity index (χ4n) is 3.17. The highest BCUT2D eigenvalue weighted by atomic mass is 35.5. The Hall–Kier alpha value is -1.32. The van der Waals surface area contributed by atoms with Crippen LogP contribution in [0.3, 0.4) is 0 Å². The number of hydrogen-bond donors (Lipinski definition) is 1. The van der Waals surface area contributed by atoms with Crippen LogP contribution in [0.25, 0.3) is 0 Å². The van der Waals surface area contributed by atoms with E-state index in [-0.39, 0.29) is 10.8 Å². The van der Waals surface area contributed by atoms with Crippen molar-refractivity contribution in [2.75, 3.05) is 6.54 Å². The number of fused-ring (bicyclic) bond motifs is 1. The molecule has 3 rings (SSSR count). The maximum Gasteiger partial charge on any atom is 0.142 e. The van der Waals surface area contributed by atoms with E-state index in [9.17, 15) is 4.39 Å². The van der Waals surface area contributed by atoms with E-state index < -0.39 is 0 Å². The summed E-state index contributed by atoms with van der Waals surface area (Å²) in [4.78, 5) is 0. The number of aryl methyl sites for hydroxylation is 1. The monoisotopic (exact) mass is 306 g/mol. The van der Waals surface area contributed by atoms with Crippen molar-refractivity contribution in [1.82, 2.24) is 9.88 Å². The molecule has 1 aliphatic carbocycles. The minimum absolute atomic E-state index is 0.229. The molecule has 112 valence electrons. The predicted octanol–water partition coefficient (Wildman–Crippen LogP) is 4.32. The van der Waals surface area contributed by atoms with Crippen LogP contribution in [0.4, 0.5) is 4.39 Å². The van der Waals surface area contributed by atoms with Gasteiger partial charge in [-0.05, 0) is 48.6 Å². The first-order valence-corrected chi connectivity index (χ1v) is 7.91. The third-order valence-corrected chi connectivity index (χ3v) is 4.57. The third-order valence-electron chi connectivity index (χ3n) is 4.15. The van der Waals surface area contributed by atoms with Gasteiger partial charge in [0, 0.05) is 25.0 Å². The van der Waals surface area contributed by atoms with Crippen molar-refractivity contribution in [2.24, 2.45) is 0 Å². The molecule has 0 radical (unpaired) electrons. The lowest BCUT2D eigenvalue weighted by molar-refractivity contribution is 0.473. The van der Waals surface area contributed by atoms with Crippen LogP contribution in [0.1, 0.15) is 42.5 Å². The molecule has 0 saturated carbocycles. The number of halogens is 2. The van der Waals surface area contributed by atoms with Gasteiger partial charge in [0.2, 0.25) is 0 Å². The zero-order valence-corrected chi connectivity index (χ0v) is 13.0. The molecule has 1 heterocycles. The molecule has 0 bridgehead atoms. The van der Waals surface area contributed by atoms with Gasteiger partial charge in [-0.1, -0.05) is 30.7 Å². The normalized spacial score (nSPS) is 17.8. The summed E-state index contributed by atoms with van der Waals surface area (Å²) in [5.41, 5.74) is 3.61. The molecule has 0 spiro atoms. The van der Waals surface area contributed by atoms with Crippen LogP contribution in [0, 0.1) is 5.82 Å². The van der Waals surface area contributed by atoms with Gasteiger partial charge in [0.25, 0.3) is 0 Å². The molecule has 0 fully saturated rings. The molecule has 1 atom stereocenters. The number of benzene rings is 1. The average Bonchev–Trinajstić information content (AvgIpc) is 2.88. The van der Waals surface area contributed by atoms with Crippen molar-refractivity contribution in [3.8, 4) is 0 Å². The maximum absolute atomic E-state index is 13.5. The largest absolute Gasteiger partial charge is 0.349 e. The Bertz CT molecular complexity index is 636. The summed E-state index contributed by atoms with van der Waals surface area (Å²) >= 11 is 6.05. The highest BCUT2D eigenvalue weighted by Gasteiger charge is 2.21. The molecule has 1 N–H and O–H groups in total. The molecule has 21 heavy (non-hydrogen) atoms. The third kappa shape index (κ3) is 2.99. The number of nitrogens with one attached hydrogen (secondary N) is 1. The van der Waals surface area contributed by atoms with Crippen molar-refractivity contribution in [3.05, 3.63) is 58.1 Å². The molecule has 2 aromatic rings. The SMILES string of the molecule is CCNC1CCCc2cn(Cc3cccc(F)c3Cl)cc21. The molecule has 1 aromatic carbocycles. The number of hydrogen-bond acceptors (Lipinski definition) is 1. The van der Waals surface area contributed by atoms with Crippen molar-refractivity contribution in [2.45, 2.75) is 38.8 Å². The lowest BCUT2D eigenvalue weighted by Crippen LogP contribution is -2.23. The zero-order valence-electron chi connectivity index (χ0n) is 12.2. The van der Waals surface area contributed by atoms with Crippen LogP contribution in [-0.2, 0) is 13.0 Å². The lowest BCUT2D eigenvalue weighted by atomic mass is 9.91. The van der Waals surface area contributed by atoms with E-state index in [2.05, 4.69) is 29.2 Å². The first-order chi connectivity index (χ1) is 10.2. The van der Waals surface area contributed by atoms with Crippen LogP contribution in [-0.4, -0.2) is 11.1 Å². The van der Waals surface area contributed by atoms with Crippen LogP contribution in [0.2, 0.25) is 5.02 Å². The van der Waals surface area contributed by atoms with Crippen molar-refractivity contribution in [1.29, 1.82) is 0 Å². The van der Waals surface area contributed by atoms with Gasteiger partial charge >= 0.3 is 0 Å². The number of rotatable bonds is 4. The van der Waals surface area contributed by atoms with E-state index in [1.165, 1.54) is 30.0 Å². The van der Waals surface area contributed by atoms with Gasteiger partial charge in [0.05, 0.1) is 5.02 Å². The molecular weight excluding hydrogens is 287 g/mol. The van der Waals surface area contributed by atoms with E-state index >= 15 is 0 Å². The summed E-state index contributed by atoms with van der Waals surface area (Å²) in [5, 5.41) is 3.77. The summed E-state index contributed by atoms with van der Waals surface area (Å²) in [6.45, 7) is 3.73. The minimum atomic E-state index is -0.350. The van der Waals surface area contributed by atoms with Crippen molar-refractivity contribution >= 4 is 11.6 Å².